The third kappa shape index (κ3) is 4.89. The predicted molar refractivity (Wildman–Crippen MR) is 97.4 cm³/mol. The molecule has 0 fully saturated rings. The van der Waals surface area contributed by atoms with Crippen molar-refractivity contribution in [2.45, 2.75) is 26.3 Å². The average molecular weight is 343 g/mol. The van der Waals surface area contributed by atoms with Crippen LogP contribution in [0.4, 0.5) is 0 Å². The number of amides is 1. The molecule has 134 valence electrons. The zero-order valence-corrected chi connectivity index (χ0v) is 15.2. The molecule has 1 N–H and O–H groups in total. The Kier molecular flexibility index (Phi) is 6.69. The molecule has 2 aromatic rings. The molecule has 0 aromatic heterocycles. The van der Waals surface area contributed by atoms with Crippen LogP contribution < -0.4 is 19.5 Å². The molecule has 2 rings (SSSR count). The summed E-state index contributed by atoms with van der Waals surface area (Å²) in [4.78, 5) is 12.3. The Balaban J connectivity index is 2.01. The first-order valence-electron chi connectivity index (χ1n) is 8.28. The predicted octanol–water partition coefficient (Wildman–Crippen LogP) is 3.66. The number of benzene rings is 2. The molecule has 0 aliphatic rings. The molecule has 5 heteroatoms. The zero-order chi connectivity index (χ0) is 18.2. The number of rotatable bonds is 8. The molecule has 1 atom stereocenters. The summed E-state index contributed by atoms with van der Waals surface area (Å²) >= 11 is 0. The van der Waals surface area contributed by atoms with Crippen molar-refractivity contribution in [2.24, 2.45) is 0 Å². The SMILES string of the molecule is CC[C@H](NC(=O)COc1ccccc1C)c1ccc(OC)c(OC)c1. The lowest BCUT2D eigenvalue weighted by atomic mass is 10.0. The number of hydrogen-bond donors (Lipinski definition) is 1. The minimum Gasteiger partial charge on any atom is -0.493 e. The number of nitrogens with one attached hydrogen (secondary N) is 1. The van der Waals surface area contributed by atoms with Crippen molar-refractivity contribution < 1.29 is 19.0 Å². The molecule has 2 aromatic carbocycles. The van der Waals surface area contributed by atoms with Crippen LogP contribution in [0.3, 0.4) is 0 Å². The van der Waals surface area contributed by atoms with Gasteiger partial charge in [-0.05, 0) is 42.7 Å². The quantitative estimate of drug-likeness (QED) is 0.795. The van der Waals surface area contributed by atoms with Gasteiger partial charge in [-0.25, -0.2) is 0 Å². The van der Waals surface area contributed by atoms with Crippen LogP contribution in [0.2, 0.25) is 0 Å². The normalized spacial score (nSPS) is 11.5. The highest BCUT2D eigenvalue weighted by Crippen LogP contribution is 2.30. The molecule has 25 heavy (non-hydrogen) atoms. The summed E-state index contributed by atoms with van der Waals surface area (Å²) in [5.74, 6) is 1.86. The number of para-hydroxylation sites is 1. The topological polar surface area (TPSA) is 56.8 Å². The molecule has 1 amide bonds. The van der Waals surface area contributed by atoms with E-state index in [-0.39, 0.29) is 18.6 Å². The summed E-state index contributed by atoms with van der Waals surface area (Å²) in [6.07, 6.45) is 0.756. The summed E-state index contributed by atoms with van der Waals surface area (Å²) < 4.78 is 16.2. The summed E-state index contributed by atoms with van der Waals surface area (Å²) in [7, 11) is 3.19. The van der Waals surface area contributed by atoms with Crippen LogP contribution in [0.5, 0.6) is 17.2 Å². The Morgan fingerprint density at radius 2 is 1.76 bits per heavy atom. The van der Waals surface area contributed by atoms with Crippen LogP contribution in [0, 0.1) is 6.92 Å². The van der Waals surface area contributed by atoms with Crippen molar-refractivity contribution in [2.75, 3.05) is 20.8 Å². The summed E-state index contributed by atoms with van der Waals surface area (Å²) in [6, 6.07) is 13.2. The lowest BCUT2D eigenvalue weighted by molar-refractivity contribution is -0.123. The molecule has 0 radical (unpaired) electrons. The molecule has 0 aliphatic heterocycles. The van der Waals surface area contributed by atoms with E-state index >= 15 is 0 Å². The highest BCUT2D eigenvalue weighted by molar-refractivity contribution is 5.78. The van der Waals surface area contributed by atoms with Crippen molar-refractivity contribution in [3.05, 3.63) is 53.6 Å². The van der Waals surface area contributed by atoms with Crippen LogP contribution in [0.25, 0.3) is 0 Å². The van der Waals surface area contributed by atoms with E-state index < -0.39 is 0 Å². The molecule has 0 aliphatic carbocycles. The Hall–Kier alpha value is -2.69. The van der Waals surface area contributed by atoms with Gasteiger partial charge in [-0.15, -0.1) is 0 Å². The van der Waals surface area contributed by atoms with Crippen molar-refractivity contribution in [1.82, 2.24) is 5.32 Å². The van der Waals surface area contributed by atoms with Crippen molar-refractivity contribution in [1.29, 1.82) is 0 Å². The van der Waals surface area contributed by atoms with Crippen molar-refractivity contribution in [3.63, 3.8) is 0 Å². The fourth-order valence-corrected chi connectivity index (χ4v) is 2.59. The summed E-state index contributed by atoms with van der Waals surface area (Å²) in [6.45, 7) is 3.95. The van der Waals surface area contributed by atoms with Gasteiger partial charge in [0.25, 0.3) is 5.91 Å². The second kappa shape index (κ2) is 8.97. The highest BCUT2D eigenvalue weighted by atomic mass is 16.5. The second-order valence-corrected chi connectivity index (χ2v) is 5.70. The van der Waals surface area contributed by atoms with Gasteiger partial charge in [-0.2, -0.15) is 0 Å². The lowest BCUT2D eigenvalue weighted by Gasteiger charge is -2.19. The fourth-order valence-electron chi connectivity index (χ4n) is 2.59. The van der Waals surface area contributed by atoms with E-state index in [1.807, 2.05) is 56.3 Å². The van der Waals surface area contributed by atoms with E-state index in [1.165, 1.54) is 0 Å². The minimum absolute atomic E-state index is 0.0192. The molecular formula is C20H25NO4. The van der Waals surface area contributed by atoms with Crippen molar-refractivity contribution in [3.8, 4) is 17.2 Å². The molecule has 0 bridgehead atoms. The highest BCUT2D eigenvalue weighted by Gasteiger charge is 2.16. The number of aryl methyl sites for hydroxylation is 1. The van der Waals surface area contributed by atoms with Crippen molar-refractivity contribution >= 4 is 5.91 Å². The largest absolute Gasteiger partial charge is 0.493 e. The van der Waals surface area contributed by atoms with Crippen LogP contribution >= 0.6 is 0 Å². The minimum atomic E-state index is -0.162. The van der Waals surface area contributed by atoms with Gasteiger partial charge >= 0.3 is 0 Å². The number of carbonyl (C=O) groups is 1. The van der Waals surface area contributed by atoms with Gasteiger partial charge in [-0.3, -0.25) is 4.79 Å². The van der Waals surface area contributed by atoms with Crippen LogP contribution in [0.15, 0.2) is 42.5 Å². The maximum Gasteiger partial charge on any atom is 0.258 e. The van der Waals surface area contributed by atoms with Gasteiger partial charge in [0.15, 0.2) is 18.1 Å². The maximum absolute atomic E-state index is 12.3. The number of methoxy groups -OCH3 is 2. The standard InChI is InChI=1S/C20H25NO4/c1-5-16(15-10-11-18(23-3)19(12-15)24-4)21-20(22)13-25-17-9-7-6-8-14(17)2/h6-12,16H,5,13H2,1-4H3,(H,21,22)/t16-/m0/s1. The third-order valence-electron chi connectivity index (χ3n) is 4.01. The Morgan fingerprint density at radius 3 is 2.40 bits per heavy atom. The maximum atomic E-state index is 12.3. The molecule has 0 saturated carbocycles. The van der Waals surface area contributed by atoms with E-state index in [4.69, 9.17) is 14.2 Å². The first kappa shape index (κ1) is 18.6. The Labute approximate surface area is 148 Å². The van der Waals surface area contributed by atoms with E-state index in [9.17, 15) is 4.79 Å². The fraction of sp³-hybridized carbons (Fsp3) is 0.350. The lowest BCUT2D eigenvalue weighted by Crippen LogP contribution is -2.32. The van der Waals surface area contributed by atoms with E-state index in [2.05, 4.69) is 5.32 Å². The molecule has 0 spiro atoms. The van der Waals surface area contributed by atoms with Crippen LogP contribution in [-0.2, 0) is 4.79 Å². The van der Waals surface area contributed by atoms with Gasteiger partial charge in [0, 0.05) is 0 Å². The summed E-state index contributed by atoms with van der Waals surface area (Å²) in [5, 5.41) is 3.00. The second-order valence-electron chi connectivity index (χ2n) is 5.70. The molecule has 5 nitrogen and oxygen atoms in total. The van der Waals surface area contributed by atoms with E-state index in [0.29, 0.717) is 11.5 Å². The number of carbonyl (C=O) groups excluding carboxylic acids is 1. The average Bonchev–Trinajstić information content (AvgIpc) is 2.64. The van der Waals surface area contributed by atoms with Gasteiger partial charge in [0.05, 0.1) is 20.3 Å². The van der Waals surface area contributed by atoms with E-state index in [0.717, 1.165) is 23.3 Å². The van der Waals surface area contributed by atoms with Crippen LogP contribution in [-0.4, -0.2) is 26.7 Å². The third-order valence-corrected chi connectivity index (χ3v) is 4.01. The smallest absolute Gasteiger partial charge is 0.258 e. The zero-order valence-electron chi connectivity index (χ0n) is 15.2. The summed E-state index contributed by atoms with van der Waals surface area (Å²) in [5.41, 5.74) is 1.96. The van der Waals surface area contributed by atoms with Gasteiger partial charge in [0.2, 0.25) is 0 Å². The Bertz CT molecular complexity index is 715. The molecule has 0 heterocycles. The monoisotopic (exact) mass is 343 g/mol. The molecular weight excluding hydrogens is 318 g/mol. The molecule has 0 unspecified atom stereocenters. The first-order valence-corrected chi connectivity index (χ1v) is 8.28. The van der Waals surface area contributed by atoms with Gasteiger partial charge in [-0.1, -0.05) is 31.2 Å². The van der Waals surface area contributed by atoms with Crippen LogP contribution in [0.1, 0.15) is 30.5 Å². The molecule has 0 saturated heterocycles. The van der Waals surface area contributed by atoms with E-state index in [1.54, 1.807) is 14.2 Å². The number of hydrogen-bond acceptors (Lipinski definition) is 4. The van der Waals surface area contributed by atoms with Gasteiger partial charge < -0.3 is 19.5 Å². The number of ether oxygens (including phenoxy) is 3. The Morgan fingerprint density at radius 1 is 1.04 bits per heavy atom. The first-order chi connectivity index (χ1) is 12.1. The van der Waals surface area contributed by atoms with Gasteiger partial charge in [0.1, 0.15) is 5.75 Å².